The average Bonchev–Trinajstić information content (AvgIpc) is 2.86. The SMILES string of the molecule is CC1=C2C(C)C1=C(CCC1=CC=CC1)[C]2(C)[Zr+2].[Cl-].[Cl-]. The Morgan fingerprint density at radius 3 is 2.42 bits per heavy atom. The standard InChI is InChI=1S/C16H19.2ClH.Zr/c1-10-14(9-8-13-6-4-5-7-13)16-11(2)15(10)12(16)3;;;/h4-6,11H,7-9H2,1-3H3;2*1H;/q;;;+2/p-2. The van der Waals surface area contributed by atoms with E-state index in [1.165, 1.54) is 19.3 Å². The van der Waals surface area contributed by atoms with E-state index in [4.69, 9.17) is 0 Å². The van der Waals surface area contributed by atoms with Crippen molar-refractivity contribution >= 4 is 0 Å². The van der Waals surface area contributed by atoms with Gasteiger partial charge in [0, 0.05) is 0 Å². The smallest absolute Gasteiger partial charge is 1.00 e. The molecule has 0 nitrogen and oxygen atoms in total. The van der Waals surface area contributed by atoms with E-state index in [0.717, 1.165) is 5.92 Å². The number of halogens is 2. The Bertz CT molecular complexity index is 507. The monoisotopic (exact) mass is 371 g/mol. The topological polar surface area (TPSA) is 0 Å². The zero-order valence-electron chi connectivity index (χ0n) is 11.7. The Labute approximate surface area is 144 Å². The van der Waals surface area contributed by atoms with Crippen LogP contribution in [0.15, 0.2) is 46.1 Å². The molecular weight excluding hydrogens is 354 g/mol. The van der Waals surface area contributed by atoms with E-state index >= 15 is 0 Å². The van der Waals surface area contributed by atoms with E-state index < -0.39 is 0 Å². The molecule has 0 amide bonds. The number of fused-ring (bicyclic) bond motifs is 1. The first kappa shape index (κ1) is 17.5. The van der Waals surface area contributed by atoms with Gasteiger partial charge in [-0.05, 0) is 0 Å². The molecule has 0 saturated heterocycles. The summed E-state index contributed by atoms with van der Waals surface area (Å²) in [6.45, 7) is 7.18. The van der Waals surface area contributed by atoms with E-state index in [1.54, 1.807) is 52.6 Å². The van der Waals surface area contributed by atoms with Crippen LogP contribution in [0, 0.1) is 5.92 Å². The van der Waals surface area contributed by atoms with Crippen LogP contribution in [0.3, 0.4) is 0 Å². The Morgan fingerprint density at radius 2 is 2.00 bits per heavy atom. The molecule has 101 valence electrons. The second-order valence-corrected chi connectivity index (χ2v) is 8.19. The van der Waals surface area contributed by atoms with Gasteiger partial charge in [-0.25, -0.2) is 0 Å². The van der Waals surface area contributed by atoms with Crippen LogP contribution < -0.4 is 24.8 Å². The van der Waals surface area contributed by atoms with Crippen molar-refractivity contribution in [2.45, 2.75) is 43.2 Å². The Hall–Kier alpha value is 0.423. The largest absolute Gasteiger partial charge is 1.00 e. The predicted molar refractivity (Wildman–Crippen MR) is 68.3 cm³/mol. The molecule has 0 aromatic heterocycles. The molecule has 0 aliphatic heterocycles. The van der Waals surface area contributed by atoms with Crippen molar-refractivity contribution in [2.75, 3.05) is 0 Å². The molecule has 4 rings (SSSR count). The van der Waals surface area contributed by atoms with Crippen LogP contribution in [-0.2, 0) is 24.7 Å². The van der Waals surface area contributed by atoms with E-state index in [2.05, 4.69) is 39.0 Å². The summed E-state index contributed by atoms with van der Waals surface area (Å²) >= 11 is 1.68. The normalized spacial score (nSPS) is 31.0. The summed E-state index contributed by atoms with van der Waals surface area (Å²) in [6, 6.07) is 0. The van der Waals surface area contributed by atoms with Crippen molar-refractivity contribution in [1.29, 1.82) is 0 Å². The first-order chi connectivity index (χ1) is 8.03. The zero-order chi connectivity index (χ0) is 12.2. The first-order valence-corrected chi connectivity index (χ1v) is 7.81. The van der Waals surface area contributed by atoms with Crippen molar-refractivity contribution < 1.29 is 49.5 Å². The quantitative estimate of drug-likeness (QED) is 0.575. The van der Waals surface area contributed by atoms with Crippen LogP contribution in [0.2, 0.25) is 3.12 Å². The van der Waals surface area contributed by atoms with Gasteiger partial charge in [-0.15, -0.1) is 0 Å². The van der Waals surface area contributed by atoms with Crippen LogP contribution in [0.1, 0.15) is 40.0 Å². The van der Waals surface area contributed by atoms with Crippen molar-refractivity contribution in [1.82, 2.24) is 0 Å². The summed E-state index contributed by atoms with van der Waals surface area (Å²) in [7, 11) is 0. The van der Waals surface area contributed by atoms with Crippen LogP contribution in [-0.4, -0.2) is 0 Å². The van der Waals surface area contributed by atoms with Crippen LogP contribution >= 0.6 is 0 Å². The van der Waals surface area contributed by atoms with Gasteiger partial charge in [-0.3, -0.25) is 0 Å². The van der Waals surface area contributed by atoms with Crippen LogP contribution in [0.4, 0.5) is 0 Å². The van der Waals surface area contributed by atoms with Crippen molar-refractivity contribution in [3.05, 3.63) is 46.1 Å². The Kier molecular flexibility index (Phi) is 5.56. The van der Waals surface area contributed by atoms with E-state index in [1.807, 2.05) is 0 Å². The van der Waals surface area contributed by atoms with E-state index in [9.17, 15) is 0 Å². The number of hydrogen-bond acceptors (Lipinski definition) is 0. The number of allylic oxidation sites excluding steroid dienone is 8. The molecule has 0 heterocycles. The van der Waals surface area contributed by atoms with Gasteiger partial charge < -0.3 is 24.8 Å². The molecule has 2 atom stereocenters. The molecule has 0 N–H and O–H groups in total. The van der Waals surface area contributed by atoms with Gasteiger partial charge in [0.25, 0.3) is 0 Å². The van der Waals surface area contributed by atoms with Crippen molar-refractivity contribution in [3.63, 3.8) is 0 Å². The fraction of sp³-hybridized carbons (Fsp3) is 0.500. The van der Waals surface area contributed by atoms with Gasteiger partial charge in [0.1, 0.15) is 0 Å². The summed E-state index contributed by atoms with van der Waals surface area (Å²) in [5, 5.41) is 0. The van der Waals surface area contributed by atoms with Gasteiger partial charge in [0.05, 0.1) is 0 Å². The van der Waals surface area contributed by atoms with Crippen molar-refractivity contribution in [2.24, 2.45) is 5.92 Å². The third-order valence-electron chi connectivity index (χ3n) is 4.69. The van der Waals surface area contributed by atoms with Gasteiger partial charge in [-0.2, -0.15) is 0 Å². The van der Waals surface area contributed by atoms with Gasteiger partial charge in [-0.1, -0.05) is 0 Å². The first-order valence-electron chi connectivity index (χ1n) is 6.58. The van der Waals surface area contributed by atoms with Gasteiger partial charge in [0.2, 0.25) is 0 Å². The van der Waals surface area contributed by atoms with Gasteiger partial charge in [0.15, 0.2) is 0 Å². The molecule has 4 aliphatic rings. The summed E-state index contributed by atoms with van der Waals surface area (Å²) in [4.78, 5) is 0. The molecule has 4 aliphatic carbocycles. The molecule has 3 heteroatoms. The maximum atomic E-state index is 2.46. The molecule has 2 unspecified atom stereocenters. The molecule has 0 fully saturated rings. The molecule has 0 aromatic rings. The zero-order valence-corrected chi connectivity index (χ0v) is 15.7. The van der Waals surface area contributed by atoms with Gasteiger partial charge >= 0.3 is 120 Å². The molecular formula is C16H19Cl2Zr. The Balaban J connectivity index is 0.000000902. The molecule has 19 heavy (non-hydrogen) atoms. The summed E-state index contributed by atoms with van der Waals surface area (Å²) in [5.74, 6) is 0.769. The van der Waals surface area contributed by atoms with Crippen LogP contribution in [0.5, 0.6) is 0 Å². The molecule has 0 aromatic carbocycles. The average molecular weight is 373 g/mol. The third kappa shape index (κ3) is 2.52. The minimum absolute atomic E-state index is 0. The molecule has 2 bridgehead atoms. The number of hydrogen-bond donors (Lipinski definition) is 0. The van der Waals surface area contributed by atoms with Crippen molar-refractivity contribution in [3.8, 4) is 0 Å². The minimum Gasteiger partial charge on any atom is -1.00 e. The maximum Gasteiger partial charge on any atom is -1.00 e. The predicted octanol–water partition coefficient (Wildman–Crippen LogP) is -1.34. The second kappa shape index (κ2) is 6.04. The number of rotatable bonds is 3. The molecule has 0 radical (unpaired) electrons. The second-order valence-electron chi connectivity index (χ2n) is 5.73. The minimum atomic E-state index is 0. The summed E-state index contributed by atoms with van der Waals surface area (Å²) < 4.78 is 0.443. The fourth-order valence-corrected chi connectivity index (χ4v) is 5.57. The fourth-order valence-electron chi connectivity index (χ4n) is 3.94. The van der Waals surface area contributed by atoms with Crippen LogP contribution in [0.25, 0.3) is 0 Å². The molecule has 0 saturated carbocycles. The summed E-state index contributed by atoms with van der Waals surface area (Å²) in [5.41, 5.74) is 8.48. The summed E-state index contributed by atoms with van der Waals surface area (Å²) in [6.07, 6.45) is 10.5. The third-order valence-corrected chi connectivity index (χ3v) is 6.09. The molecule has 0 spiro atoms. The maximum absolute atomic E-state index is 2.46. The Morgan fingerprint density at radius 1 is 1.32 bits per heavy atom. The van der Waals surface area contributed by atoms with E-state index in [0.29, 0.717) is 3.12 Å². The van der Waals surface area contributed by atoms with E-state index in [-0.39, 0.29) is 24.8 Å².